The number of amides is 2. The number of alkyl halides is 3. The zero-order valence-electron chi connectivity index (χ0n) is 14.9. The Bertz CT molecular complexity index is 658. The van der Waals surface area contributed by atoms with Crippen LogP contribution in [0.4, 0.5) is 13.2 Å². The molecule has 2 aliphatic heterocycles. The molecule has 0 unspecified atom stereocenters. The zero-order chi connectivity index (χ0) is 19.4. The van der Waals surface area contributed by atoms with E-state index in [-0.39, 0.29) is 31.1 Å². The van der Waals surface area contributed by atoms with Crippen LogP contribution in [0.1, 0.15) is 43.8 Å². The molecule has 0 radical (unpaired) electrons. The molecule has 1 aromatic rings. The Morgan fingerprint density at radius 2 is 1.74 bits per heavy atom. The fraction of sp³-hybridized carbons (Fsp3) is 0.579. The molecule has 2 fully saturated rings. The van der Waals surface area contributed by atoms with Crippen LogP contribution in [0.5, 0.6) is 0 Å². The van der Waals surface area contributed by atoms with Gasteiger partial charge in [-0.2, -0.15) is 13.2 Å². The van der Waals surface area contributed by atoms with Gasteiger partial charge in [0.05, 0.1) is 6.10 Å². The van der Waals surface area contributed by atoms with Gasteiger partial charge in [-0.3, -0.25) is 9.59 Å². The van der Waals surface area contributed by atoms with Crippen LogP contribution in [0.15, 0.2) is 30.3 Å². The van der Waals surface area contributed by atoms with Gasteiger partial charge in [0.25, 0.3) is 0 Å². The van der Waals surface area contributed by atoms with Crippen molar-refractivity contribution in [3.8, 4) is 0 Å². The summed E-state index contributed by atoms with van der Waals surface area (Å²) < 4.78 is 42.8. The topological polar surface area (TPSA) is 58.6 Å². The monoisotopic (exact) mass is 384 g/mol. The maximum Gasteiger partial charge on any atom is 0.397 e. The second-order valence-corrected chi connectivity index (χ2v) is 7.06. The molecule has 1 aromatic carbocycles. The Morgan fingerprint density at radius 3 is 2.37 bits per heavy atom. The third-order valence-corrected chi connectivity index (χ3v) is 5.03. The largest absolute Gasteiger partial charge is 0.397 e. The van der Waals surface area contributed by atoms with Gasteiger partial charge in [-0.15, -0.1) is 0 Å². The summed E-state index contributed by atoms with van der Waals surface area (Å²) in [6.45, 7) is 0.441. The van der Waals surface area contributed by atoms with Gasteiger partial charge in [0, 0.05) is 19.1 Å². The average Bonchev–Trinajstić information content (AvgIpc) is 3.12. The highest BCUT2D eigenvalue weighted by molar-refractivity contribution is 5.81. The summed E-state index contributed by atoms with van der Waals surface area (Å²) in [5.41, 5.74) is 1.05. The van der Waals surface area contributed by atoms with Crippen molar-refractivity contribution >= 4 is 11.8 Å². The summed E-state index contributed by atoms with van der Waals surface area (Å²) in [7, 11) is 0. The summed E-state index contributed by atoms with van der Waals surface area (Å²) in [5, 5.41) is 2.92. The number of rotatable bonds is 4. The number of benzene rings is 1. The predicted octanol–water partition coefficient (Wildman–Crippen LogP) is 2.97. The van der Waals surface area contributed by atoms with E-state index < -0.39 is 24.6 Å². The summed E-state index contributed by atoms with van der Waals surface area (Å²) in [5.74, 6) is -1.09. The van der Waals surface area contributed by atoms with E-state index in [1.54, 1.807) is 0 Å². The lowest BCUT2D eigenvalue weighted by atomic mass is 10.0. The number of piperidine rings is 1. The van der Waals surface area contributed by atoms with Crippen molar-refractivity contribution in [1.82, 2.24) is 10.2 Å². The first-order valence-corrected chi connectivity index (χ1v) is 9.17. The normalized spacial score (nSPS) is 24.0. The molecule has 2 aliphatic rings. The third kappa shape index (κ3) is 5.45. The van der Waals surface area contributed by atoms with Gasteiger partial charge in [0.15, 0.2) is 0 Å². The third-order valence-electron chi connectivity index (χ3n) is 5.03. The first-order valence-electron chi connectivity index (χ1n) is 9.17. The molecule has 3 rings (SSSR count). The SMILES string of the molecule is O=C(NC1CCN(C(=O)CC(F)(F)F)CC1)[C@H]1CC[C@@H](c2ccccc2)O1. The molecule has 1 N–H and O–H groups in total. The quantitative estimate of drug-likeness (QED) is 0.868. The summed E-state index contributed by atoms with van der Waals surface area (Å²) in [6, 6.07) is 9.58. The van der Waals surface area contributed by atoms with Crippen molar-refractivity contribution in [2.45, 2.75) is 56.5 Å². The molecular formula is C19H23F3N2O3. The van der Waals surface area contributed by atoms with Crippen molar-refractivity contribution in [1.29, 1.82) is 0 Å². The molecule has 2 saturated heterocycles. The fourth-order valence-corrected chi connectivity index (χ4v) is 3.59. The van der Waals surface area contributed by atoms with Crippen molar-refractivity contribution in [3.05, 3.63) is 35.9 Å². The maximum absolute atomic E-state index is 12.4. The Morgan fingerprint density at radius 1 is 1.07 bits per heavy atom. The van der Waals surface area contributed by atoms with E-state index in [0.717, 1.165) is 12.0 Å². The van der Waals surface area contributed by atoms with E-state index in [2.05, 4.69) is 5.32 Å². The number of nitrogens with one attached hydrogen (secondary N) is 1. The predicted molar refractivity (Wildman–Crippen MR) is 91.7 cm³/mol. The molecular weight excluding hydrogens is 361 g/mol. The molecule has 2 heterocycles. The highest BCUT2D eigenvalue weighted by atomic mass is 19.4. The van der Waals surface area contributed by atoms with Crippen molar-refractivity contribution < 1.29 is 27.5 Å². The molecule has 27 heavy (non-hydrogen) atoms. The molecule has 8 heteroatoms. The molecule has 0 spiro atoms. The van der Waals surface area contributed by atoms with E-state index in [4.69, 9.17) is 4.74 Å². The smallest absolute Gasteiger partial charge is 0.360 e. The molecule has 5 nitrogen and oxygen atoms in total. The minimum atomic E-state index is -4.49. The van der Waals surface area contributed by atoms with E-state index in [1.807, 2.05) is 30.3 Å². The van der Waals surface area contributed by atoms with Crippen LogP contribution in [0.2, 0.25) is 0 Å². The van der Waals surface area contributed by atoms with Crippen LogP contribution in [-0.2, 0) is 14.3 Å². The zero-order valence-corrected chi connectivity index (χ0v) is 14.9. The number of halogens is 3. The first kappa shape index (κ1) is 19.7. The summed E-state index contributed by atoms with van der Waals surface area (Å²) in [6.07, 6.45) is -4.23. The first-order chi connectivity index (χ1) is 12.8. The van der Waals surface area contributed by atoms with E-state index in [0.29, 0.717) is 19.3 Å². The molecule has 0 aromatic heterocycles. The minimum Gasteiger partial charge on any atom is -0.360 e. The molecule has 2 amide bonds. The van der Waals surface area contributed by atoms with Crippen LogP contribution in [-0.4, -0.2) is 48.1 Å². The van der Waals surface area contributed by atoms with E-state index in [1.165, 1.54) is 4.90 Å². The van der Waals surface area contributed by atoms with Crippen LogP contribution in [0.3, 0.4) is 0 Å². The summed E-state index contributed by atoms with van der Waals surface area (Å²) >= 11 is 0. The number of likely N-dealkylation sites (tertiary alicyclic amines) is 1. The van der Waals surface area contributed by atoms with Gasteiger partial charge in [-0.1, -0.05) is 30.3 Å². The Kier molecular flexibility index (Phi) is 6.04. The number of carbonyl (C=O) groups is 2. The number of hydrogen-bond acceptors (Lipinski definition) is 3. The van der Waals surface area contributed by atoms with Gasteiger partial charge in [-0.05, 0) is 31.2 Å². The van der Waals surface area contributed by atoms with Crippen LogP contribution >= 0.6 is 0 Å². The number of ether oxygens (including phenoxy) is 1. The highest BCUT2D eigenvalue weighted by Gasteiger charge is 2.36. The maximum atomic E-state index is 12.4. The Labute approximate surface area is 155 Å². The van der Waals surface area contributed by atoms with E-state index in [9.17, 15) is 22.8 Å². The second-order valence-electron chi connectivity index (χ2n) is 7.06. The molecule has 0 aliphatic carbocycles. The van der Waals surface area contributed by atoms with Crippen LogP contribution in [0, 0.1) is 0 Å². The lowest BCUT2D eigenvalue weighted by Gasteiger charge is -2.33. The van der Waals surface area contributed by atoms with Gasteiger partial charge < -0.3 is 15.0 Å². The standard InChI is InChI=1S/C19H23F3N2O3/c20-19(21,22)12-17(25)24-10-8-14(9-11-24)23-18(26)16-7-6-15(27-16)13-4-2-1-3-5-13/h1-5,14-16H,6-12H2,(H,23,26)/t15-,16+/m0/s1. The molecule has 0 bridgehead atoms. The molecule has 0 saturated carbocycles. The molecule has 148 valence electrons. The minimum absolute atomic E-state index is 0.0937. The van der Waals surface area contributed by atoms with Crippen LogP contribution < -0.4 is 5.32 Å². The molecule has 2 atom stereocenters. The Hall–Kier alpha value is -2.09. The van der Waals surface area contributed by atoms with Crippen molar-refractivity contribution in [3.63, 3.8) is 0 Å². The van der Waals surface area contributed by atoms with Crippen LogP contribution in [0.25, 0.3) is 0 Å². The number of hydrogen-bond donors (Lipinski definition) is 1. The number of nitrogens with zero attached hydrogens (tertiary/aromatic N) is 1. The second kappa shape index (κ2) is 8.29. The summed E-state index contributed by atoms with van der Waals surface area (Å²) in [4.78, 5) is 25.3. The van der Waals surface area contributed by atoms with Crippen molar-refractivity contribution in [2.75, 3.05) is 13.1 Å². The lowest BCUT2D eigenvalue weighted by Crippen LogP contribution is -2.49. The van der Waals surface area contributed by atoms with E-state index >= 15 is 0 Å². The number of carbonyl (C=O) groups excluding carboxylic acids is 2. The van der Waals surface area contributed by atoms with Gasteiger partial charge in [0.2, 0.25) is 11.8 Å². The van der Waals surface area contributed by atoms with Gasteiger partial charge in [0.1, 0.15) is 12.5 Å². The van der Waals surface area contributed by atoms with Gasteiger partial charge in [-0.25, -0.2) is 0 Å². The average molecular weight is 384 g/mol. The van der Waals surface area contributed by atoms with Gasteiger partial charge >= 0.3 is 6.18 Å². The van der Waals surface area contributed by atoms with Crippen molar-refractivity contribution in [2.24, 2.45) is 0 Å². The lowest BCUT2D eigenvalue weighted by molar-refractivity contribution is -0.162. The fourth-order valence-electron chi connectivity index (χ4n) is 3.59. The Balaban J connectivity index is 1.43. The highest BCUT2D eigenvalue weighted by Crippen LogP contribution is 2.32.